The van der Waals surface area contributed by atoms with Gasteiger partial charge in [-0.1, -0.05) is 200 Å². The summed E-state index contributed by atoms with van der Waals surface area (Å²) in [5.41, 5.74) is 16.5. The Labute approximate surface area is 365 Å². The van der Waals surface area contributed by atoms with Gasteiger partial charge < -0.3 is 0 Å². The molecule has 0 bridgehead atoms. The van der Waals surface area contributed by atoms with E-state index in [0.29, 0.717) is 17.5 Å². The molecule has 290 valence electrons. The molecule has 2 heterocycles. The van der Waals surface area contributed by atoms with Crippen LogP contribution in [0.4, 0.5) is 0 Å². The lowest BCUT2D eigenvalue weighted by Gasteiger charge is -2.42. The van der Waals surface area contributed by atoms with Gasteiger partial charge in [-0.25, -0.2) is 15.0 Å². The summed E-state index contributed by atoms with van der Waals surface area (Å²) >= 11 is 1.86. The molecule has 0 atom stereocenters. The number of benzene rings is 9. The van der Waals surface area contributed by atoms with Crippen LogP contribution in [0.2, 0.25) is 0 Å². The summed E-state index contributed by atoms with van der Waals surface area (Å²) in [6.07, 6.45) is 0. The van der Waals surface area contributed by atoms with E-state index in [0.717, 1.165) is 38.9 Å². The van der Waals surface area contributed by atoms with Crippen molar-refractivity contribution in [3.8, 4) is 78.7 Å². The van der Waals surface area contributed by atoms with Crippen molar-refractivity contribution in [2.24, 2.45) is 0 Å². The van der Waals surface area contributed by atoms with Crippen LogP contribution in [0.1, 0.15) is 22.3 Å². The van der Waals surface area contributed by atoms with E-state index in [1.54, 1.807) is 0 Å². The fourth-order valence-corrected chi connectivity index (χ4v) is 10.8. The lowest BCUT2D eigenvalue weighted by atomic mass is 9.63. The molecule has 2 aliphatic rings. The van der Waals surface area contributed by atoms with Gasteiger partial charge in [-0.3, -0.25) is 0 Å². The van der Waals surface area contributed by atoms with Crippen LogP contribution in [0.3, 0.4) is 0 Å². The molecule has 62 heavy (non-hydrogen) atoms. The molecule has 9 aromatic carbocycles. The van der Waals surface area contributed by atoms with Gasteiger partial charge in [0.15, 0.2) is 17.5 Å². The Morgan fingerprint density at radius 2 is 0.661 bits per heavy atom. The Morgan fingerprint density at radius 3 is 1.23 bits per heavy atom. The molecule has 4 heteroatoms. The molecule has 1 spiro atoms. The Balaban J connectivity index is 1.15. The van der Waals surface area contributed by atoms with Gasteiger partial charge in [0.1, 0.15) is 0 Å². The highest BCUT2D eigenvalue weighted by molar-refractivity contribution is 7.99. The minimum absolute atomic E-state index is 0.619. The van der Waals surface area contributed by atoms with E-state index in [1.165, 1.54) is 54.3 Å². The first-order chi connectivity index (χ1) is 30.7. The lowest BCUT2D eigenvalue weighted by Crippen LogP contribution is -2.34. The first kappa shape index (κ1) is 36.2. The molecule has 0 fully saturated rings. The normalized spacial score (nSPS) is 12.9. The fourth-order valence-electron chi connectivity index (χ4n) is 9.65. The van der Waals surface area contributed by atoms with E-state index in [4.69, 9.17) is 15.0 Å². The van der Waals surface area contributed by atoms with E-state index in [9.17, 15) is 0 Å². The van der Waals surface area contributed by atoms with Crippen molar-refractivity contribution in [3.63, 3.8) is 0 Å². The highest BCUT2D eigenvalue weighted by Crippen LogP contribution is 2.61. The standard InChI is InChI=1S/C58H37N3S/c1-4-18-38(19-5-1)42-34-43(39-20-6-2-7-21-39)36-44(35-42)57-60-55(40-22-8-3-9-23-40)59-56(61-57)41-32-33-48-46-25-11-10-24-45(46)47-26-12-13-27-49(47)58(52(48)37-41)50-28-14-16-30-53(50)62-54-31-17-15-29-51(54)58/h1-37H. The van der Waals surface area contributed by atoms with E-state index >= 15 is 0 Å². The van der Waals surface area contributed by atoms with Gasteiger partial charge in [-0.15, -0.1) is 0 Å². The topological polar surface area (TPSA) is 38.7 Å². The van der Waals surface area contributed by atoms with Crippen LogP contribution in [0.25, 0.3) is 78.7 Å². The number of hydrogen-bond donors (Lipinski definition) is 0. The molecule has 12 rings (SSSR count). The molecule has 1 aliphatic heterocycles. The number of rotatable bonds is 5. The van der Waals surface area contributed by atoms with Gasteiger partial charge in [-0.2, -0.15) is 0 Å². The van der Waals surface area contributed by atoms with Crippen molar-refractivity contribution in [3.05, 3.63) is 247 Å². The molecule has 0 radical (unpaired) electrons. The number of nitrogens with zero attached hydrogens (tertiary/aromatic N) is 3. The molecule has 0 amide bonds. The van der Waals surface area contributed by atoms with E-state index in [2.05, 4.69) is 206 Å². The molecule has 1 aromatic heterocycles. The van der Waals surface area contributed by atoms with Crippen molar-refractivity contribution in [2.45, 2.75) is 15.2 Å². The minimum Gasteiger partial charge on any atom is -0.208 e. The Hall–Kier alpha value is -7.66. The molecule has 3 nitrogen and oxygen atoms in total. The molecule has 0 saturated carbocycles. The lowest BCUT2D eigenvalue weighted by molar-refractivity contribution is 0.708. The van der Waals surface area contributed by atoms with Crippen LogP contribution < -0.4 is 0 Å². The largest absolute Gasteiger partial charge is 0.208 e. The maximum absolute atomic E-state index is 5.43. The molecule has 0 saturated heterocycles. The van der Waals surface area contributed by atoms with Crippen molar-refractivity contribution < 1.29 is 0 Å². The first-order valence-electron chi connectivity index (χ1n) is 21.0. The highest BCUT2D eigenvalue weighted by Gasteiger charge is 2.48. The summed E-state index contributed by atoms with van der Waals surface area (Å²) in [7, 11) is 0. The molecule has 0 N–H and O–H groups in total. The van der Waals surface area contributed by atoms with E-state index in [-0.39, 0.29) is 0 Å². The zero-order chi connectivity index (χ0) is 41.0. The summed E-state index contributed by atoms with van der Waals surface area (Å²) in [5.74, 6) is 1.87. The smallest absolute Gasteiger partial charge is 0.164 e. The van der Waals surface area contributed by atoms with Crippen LogP contribution in [0.5, 0.6) is 0 Å². The predicted octanol–water partition coefficient (Wildman–Crippen LogP) is 14.7. The van der Waals surface area contributed by atoms with Crippen molar-refractivity contribution >= 4 is 11.8 Å². The van der Waals surface area contributed by atoms with Crippen LogP contribution >= 0.6 is 11.8 Å². The quantitative estimate of drug-likeness (QED) is 0.174. The predicted molar refractivity (Wildman–Crippen MR) is 254 cm³/mol. The van der Waals surface area contributed by atoms with Gasteiger partial charge >= 0.3 is 0 Å². The van der Waals surface area contributed by atoms with E-state index < -0.39 is 5.41 Å². The van der Waals surface area contributed by atoms with Crippen molar-refractivity contribution in [1.29, 1.82) is 0 Å². The number of fused-ring (bicyclic) bond motifs is 11. The summed E-state index contributed by atoms with van der Waals surface area (Å²) in [6.45, 7) is 0. The van der Waals surface area contributed by atoms with Gasteiger partial charge in [0.2, 0.25) is 0 Å². The summed E-state index contributed by atoms with van der Waals surface area (Å²) in [6, 6.07) is 80.7. The highest BCUT2D eigenvalue weighted by atomic mass is 32.2. The molecular formula is C58H37N3S. The maximum atomic E-state index is 5.43. The van der Waals surface area contributed by atoms with Gasteiger partial charge in [-0.05, 0) is 103 Å². The summed E-state index contributed by atoms with van der Waals surface area (Å²) in [4.78, 5) is 18.5. The zero-order valence-corrected chi connectivity index (χ0v) is 34.4. The van der Waals surface area contributed by atoms with Crippen molar-refractivity contribution in [1.82, 2.24) is 15.0 Å². The van der Waals surface area contributed by atoms with Crippen LogP contribution in [0.15, 0.2) is 234 Å². The second kappa shape index (κ2) is 14.8. The third-order valence-electron chi connectivity index (χ3n) is 12.4. The van der Waals surface area contributed by atoms with Crippen molar-refractivity contribution in [2.75, 3.05) is 0 Å². The van der Waals surface area contributed by atoms with Crippen LogP contribution in [-0.4, -0.2) is 15.0 Å². The summed E-state index contributed by atoms with van der Waals surface area (Å²) in [5, 5.41) is 0. The SMILES string of the molecule is c1ccc(-c2cc(-c3ccccc3)cc(-c3nc(-c4ccccc4)nc(-c4ccc5c(c4)C4(c6ccccc6Sc6ccccc64)c4ccccc4-c4ccccc4-5)n3)c2)cc1. The summed E-state index contributed by atoms with van der Waals surface area (Å²) < 4.78 is 0. The van der Waals surface area contributed by atoms with E-state index in [1.807, 2.05) is 30.0 Å². The molecule has 1 aliphatic carbocycles. The minimum atomic E-state index is -0.647. The van der Waals surface area contributed by atoms with Gasteiger partial charge in [0, 0.05) is 26.5 Å². The molecule has 10 aromatic rings. The number of aromatic nitrogens is 3. The third-order valence-corrected chi connectivity index (χ3v) is 13.5. The van der Waals surface area contributed by atoms with Gasteiger partial charge in [0.05, 0.1) is 5.41 Å². The Morgan fingerprint density at radius 1 is 0.258 bits per heavy atom. The van der Waals surface area contributed by atoms with Gasteiger partial charge in [0.25, 0.3) is 0 Å². The zero-order valence-electron chi connectivity index (χ0n) is 33.6. The maximum Gasteiger partial charge on any atom is 0.164 e. The number of hydrogen-bond acceptors (Lipinski definition) is 4. The third kappa shape index (κ3) is 5.87. The average molecular weight is 808 g/mol. The molecular weight excluding hydrogens is 771 g/mol. The van der Waals surface area contributed by atoms with Crippen LogP contribution in [0, 0.1) is 0 Å². The second-order valence-electron chi connectivity index (χ2n) is 15.9. The molecule has 0 unspecified atom stereocenters. The monoisotopic (exact) mass is 807 g/mol. The Bertz CT molecular complexity index is 3220. The average Bonchev–Trinajstić information content (AvgIpc) is 3.46. The Kier molecular flexibility index (Phi) is 8.65. The second-order valence-corrected chi connectivity index (χ2v) is 17.0. The fraction of sp³-hybridized carbons (Fsp3) is 0.0172. The first-order valence-corrected chi connectivity index (χ1v) is 21.8. The van der Waals surface area contributed by atoms with Crippen LogP contribution in [-0.2, 0) is 5.41 Å².